The molecule has 0 spiro atoms. The number of hydrogen-bond acceptors (Lipinski definition) is 3. The molecule has 2 aromatic rings. The zero-order valence-electron chi connectivity index (χ0n) is 12.6. The minimum atomic E-state index is -0.230. The van der Waals surface area contributed by atoms with Gasteiger partial charge in [-0.1, -0.05) is 30.3 Å². The van der Waals surface area contributed by atoms with Gasteiger partial charge in [0.1, 0.15) is 5.82 Å². The van der Waals surface area contributed by atoms with Gasteiger partial charge in [0.2, 0.25) is 5.91 Å². The molecule has 0 aliphatic carbocycles. The Labute approximate surface area is 134 Å². The van der Waals surface area contributed by atoms with Gasteiger partial charge in [-0.15, -0.1) is 0 Å². The molecule has 4 nitrogen and oxygen atoms in total. The summed E-state index contributed by atoms with van der Waals surface area (Å²) in [5.74, 6) is -0.190. The summed E-state index contributed by atoms with van der Waals surface area (Å²) in [6.45, 7) is 0. The Morgan fingerprint density at radius 1 is 1.00 bits per heavy atom. The van der Waals surface area contributed by atoms with Crippen LogP contribution in [0.2, 0.25) is 0 Å². The van der Waals surface area contributed by atoms with Gasteiger partial charge in [-0.05, 0) is 42.7 Å². The molecule has 2 saturated heterocycles. The molecule has 3 unspecified atom stereocenters. The molecule has 23 heavy (non-hydrogen) atoms. The molecule has 0 radical (unpaired) electrons. The number of para-hydroxylation sites is 1. The molecular weight excluding hydrogens is 293 g/mol. The Morgan fingerprint density at radius 3 is 2.48 bits per heavy atom. The van der Waals surface area contributed by atoms with E-state index in [9.17, 15) is 9.18 Å². The van der Waals surface area contributed by atoms with Crippen LogP contribution in [-0.4, -0.2) is 12.1 Å². The fraction of sp³-hybridized carbons (Fsp3) is 0.278. The molecule has 4 rings (SSSR count). The summed E-state index contributed by atoms with van der Waals surface area (Å²) in [5.41, 5.74) is 5.18. The zero-order chi connectivity index (χ0) is 15.8. The number of halogens is 1. The van der Waals surface area contributed by atoms with E-state index in [1.807, 2.05) is 30.3 Å². The number of hydrogen-bond donors (Lipinski definition) is 2. The van der Waals surface area contributed by atoms with Gasteiger partial charge in [0.15, 0.2) is 0 Å². The number of carbonyl (C=O) groups excluding carboxylic acids is 1. The number of hydrazine groups is 1. The van der Waals surface area contributed by atoms with Gasteiger partial charge in [0, 0.05) is 6.04 Å². The topological polar surface area (TPSA) is 44.4 Å². The van der Waals surface area contributed by atoms with E-state index in [0.29, 0.717) is 0 Å². The Balaban J connectivity index is 1.52. The van der Waals surface area contributed by atoms with Gasteiger partial charge >= 0.3 is 0 Å². The van der Waals surface area contributed by atoms with Crippen molar-refractivity contribution in [2.45, 2.75) is 25.0 Å². The van der Waals surface area contributed by atoms with Crippen molar-refractivity contribution < 1.29 is 9.18 Å². The predicted octanol–water partition coefficient (Wildman–Crippen LogP) is 2.74. The molecule has 2 aliphatic rings. The highest BCUT2D eigenvalue weighted by Gasteiger charge is 2.44. The number of rotatable bonds is 2. The van der Waals surface area contributed by atoms with Gasteiger partial charge in [-0.2, -0.15) is 0 Å². The first kappa shape index (κ1) is 14.4. The van der Waals surface area contributed by atoms with Crippen molar-refractivity contribution in [1.29, 1.82) is 0 Å². The SMILES string of the molecule is O=C1C2CCC(c3ccc(F)cc3)NC2NN1c1ccccc1. The van der Waals surface area contributed by atoms with Crippen molar-refractivity contribution in [3.8, 4) is 0 Å². The first-order chi connectivity index (χ1) is 11.2. The number of fused-ring (bicyclic) bond motifs is 1. The lowest BCUT2D eigenvalue weighted by molar-refractivity contribution is -0.121. The highest BCUT2D eigenvalue weighted by atomic mass is 19.1. The average Bonchev–Trinajstić information content (AvgIpc) is 2.93. The molecule has 2 fully saturated rings. The summed E-state index contributed by atoms with van der Waals surface area (Å²) >= 11 is 0. The summed E-state index contributed by atoms with van der Waals surface area (Å²) in [7, 11) is 0. The van der Waals surface area contributed by atoms with Crippen molar-refractivity contribution in [1.82, 2.24) is 10.7 Å². The fourth-order valence-electron chi connectivity index (χ4n) is 3.43. The fourth-order valence-corrected chi connectivity index (χ4v) is 3.43. The molecule has 118 valence electrons. The van der Waals surface area contributed by atoms with Gasteiger partial charge in [-0.25, -0.2) is 14.8 Å². The van der Waals surface area contributed by atoms with E-state index < -0.39 is 0 Å². The Kier molecular flexibility index (Phi) is 3.59. The summed E-state index contributed by atoms with van der Waals surface area (Å²) in [6.07, 6.45) is 1.59. The van der Waals surface area contributed by atoms with E-state index in [0.717, 1.165) is 24.1 Å². The second kappa shape index (κ2) is 5.76. The maximum absolute atomic E-state index is 13.1. The van der Waals surface area contributed by atoms with Gasteiger partial charge in [-0.3, -0.25) is 10.1 Å². The minimum absolute atomic E-state index is 0.0631. The van der Waals surface area contributed by atoms with Crippen LogP contribution in [0, 0.1) is 11.7 Å². The number of piperidine rings is 1. The highest BCUT2D eigenvalue weighted by molar-refractivity contribution is 5.96. The van der Waals surface area contributed by atoms with Crippen LogP contribution in [-0.2, 0) is 4.79 Å². The van der Waals surface area contributed by atoms with Crippen LogP contribution in [0.4, 0.5) is 10.1 Å². The smallest absolute Gasteiger partial charge is 0.247 e. The summed E-state index contributed by atoms with van der Waals surface area (Å²) < 4.78 is 13.1. The van der Waals surface area contributed by atoms with Gasteiger partial charge in [0.25, 0.3) is 0 Å². The summed E-state index contributed by atoms with van der Waals surface area (Å²) in [4.78, 5) is 12.6. The van der Waals surface area contributed by atoms with E-state index in [4.69, 9.17) is 0 Å². The first-order valence-corrected chi connectivity index (χ1v) is 7.89. The molecular formula is C18H18FN3O. The number of nitrogens with zero attached hydrogens (tertiary/aromatic N) is 1. The average molecular weight is 311 g/mol. The normalized spacial score (nSPS) is 27.1. The lowest BCUT2D eigenvalue weighted by Crippen LogP contribution is -2.49. The van der Waals surface area contributed by atoms with Gasteiger partial charge < -0.3 is 0 Å². The van der Waals surface area contributed by atoms with Crippen molar-refractivity contribution in [3.05, 3.63) is 66.0 Å². The van der Waals surface area contributed by atoms with Gasteiger partial charge in [0.05, 0.1) is 17.8 Å². The van der Waals surface area contributed by atoms with E-state index in [1.165, 1.54) is 12.1 Å². The van der Waals surface area contributed by atoms with Crippen molar-refractivity contribution in [2.24, 2.45) is 5.92 Å². The predicted molar refractivity (Wildman–Crippen MR) is 85.9 cm³/mol. The molecule has 2 aliphatic heterocycles. The van der Waals surface area contributed by atoms with Crippen LogP contribution >= 0.6 is 0 Å². The van der Waals surface area contributed by atoms with Crippen molar-refractivity contribution >= 4 is 11.6 Å². The number of anilines is 1. The second-order valence-corrected chi connectivity index (χ2v) is 6.07. The highest BCUT2D eigenvalue weighted by Crippen LogP contribution is 2.33. The van der Waals surface area contributed by atoms with Crippen molar-refractivity contribution in [2.75, 3.05) is 5.01 Å². The lowest BCUT2D eigenvalue weighted by Gasteiger charge is -2.31. The van der Waals surface area contributed by atoms with Crippen LogP contribution in [0.3, 0.4) is 0 Å². The van der Waals surface area contributed by atoms with E-state index in [1.54, 1.807) is 17.1 Å². The van der Waals surface area contributed by atoms with E-state index in [2.05, 4.69) is 10.7 Å². The number of nitrogens with one attached hydrogen (secondary N) is 2. The Bertz CT molecular complexity index is 704. The Hall–Kier alpha value is -2.24. The first-order valence-electron chi connectivity index (χ1n) is 7.89. The quantitative estimate of drug-likeness (QED) is 0.896. The number of amides is 1. The maximum Gasteiger partial charge on any atom is 0.247 e. The van der Waals surface area contributed by atoms with Crippen LogP contribution in [0.25, 0.3) is 0 Å². The molecule has 2 aromatic carbocycles. The molecule has 2 N–H and O–H groups in total. The molecule has 2 heterocycles. The third-order valence-corrected chi connectivity index (χ3v) is 4.64. The molecule has 0 bridgehead atoms. The Morgan fingerprint density at radius 2 is 1.74 bits per heavy atom. The number of benzene rings is 2. The molecule has 0 saturated carbocycles. The summed E-state index contributed by atoms with van der Waals surface area (Å²) in [5, 5.41) is 5.12. The third-order valence-electron chi connectivity index (χ3n) is 4.64. The van der Waals surface area contributed by atoms with Crippen LogP contribution < -0.4 is 15.8 Å². The third kappa shape index (κ3) is 2.62. The largest absolute Gasteiger partial charge is 0.293 e. The molecule has 5 heteroatoms. The second-order valence-electron chi connectivity index (χ2n) is 6.07. The molecule has 3 atom stereocenters. The van der Waals surface area contributed by atoms with Crippen LogP contribution in [0.1, 0.15) is 24.4 Å². The molecule has 1 amide bonds. The maximum atomic E-state index is 13.1. The lowest BCUT2D eigenvalue weighted by atomic mass is 9.89. The van der Waals surface area contributed by atoms with Crippen LogP contribution in [0.5, 0.6) is 0 Å². The van der Waals surface area contributed by atoms with E-state index >= 15 is 0 Å². The summed E-state index contributed by atoms with van der Waals surface area (Å²) in [6, 6.07) is 16.3. The van der Waals surface area contributed by atoms with Crippen molar-refractivity contribution in [3.63, 3.8) is 0 Å². The minimum Gasteiger partial charge on any atom is -0.293 e. The van der Waals surface area contributed by atoms with Crippen LogP contribution in [0.15, 0.2) is 54.6 Å². The standard InChI is InChI=1S/C18H18FN3O/c19-13-8-6-12(7-9-13)16-11-10-15-17(20-16)21-22(18(15)23)14-4-2-1-3-5-14/h1-9,15-17,20-21H,10-11H2. The molecule has 0 aromatic heterocycles. The monoisotopic (exact) mass is 311 g/mol. The number of carbonyl (C=O) groups is 1. The van der Waals surface area contributed by atoms with E-state index in [-0.39, 0.29) is 29.8 Å². The zero-order valence-corrected chi connectivity index (χ0v) is 12.6.